The van der Waals surface area contributed by atoms with Gasteiger partial charge in [0, 0.05) is 24.5 Å². The Morgan fingerprint density at radius 3 is 2.33 bits per heavy atom. The van der Waals surface area contributed by atoms with E-state index in [0.29, 0.717) is 35.6 Å². The van der Waals surface area contributed by atoms with Gasteiger partial charge in [-0.3, -0.25) is 4.79 Å². The molecule has 2 aromatic rings. The Morgan fingerprint density at radius 1 is 1.10 bits per heavy atom. The number of esters is 1. The molecule has 1 aliphatic heterocycles. The molecule has 8 nitrogen and oxygen atoms in total. The number of aromatic nitrogens is 1. The van der Waals surface area contributed by atoms with Crippen molar-refractivity contribution in [2.24, 2.45) is 0 Å². The fourth-order valence-electron chi connectivity index (χ4n) is 3.68. The number of carbonyl (C=O) groups excluding carboxylic acids is 2. The highest BCUT2D eigenvalue weighted by molar-refractivity contribution is 7.89. The Bertz CT molecular complexity index is 1040. The van der Waals surface area contributed by atoms with Crippen LogP contribution < -0.4 is 5.32 Å². The summed E-state index contributed by atoms with van der Waals surface area (Å²) in [6.07, 6.45) is 2.72. The number of nitrogens with zero attached hydrogens (tertiary/aromatic N) is 1. The van der Waals surface area contributed by atoms with Gasteiger partial charge in [0.1, 0.15) is 10.6 Å². The number of piperidine rings is 1. The van der Waals surface area contributed by atoms with Crippen LogP contribution in [-0.4, -0.2) is 49.3 Å². The molecule has 1 saturated heterocycles. The predicted molar refractivity (Wildman–Crippen MR) is 113 cm³/mol. The highest BCUT2D eigenvalue weighted by Crippen LogP contribution is 2.28. The van der Waals surface area contributed by atoms with Crippen molar-refractivity contribution in [2.45, 2.75) is 44.9 Å². The molecule has 2 heterocycles. The standard InChI is InChI=1S/C21H27N3O5S/c1-4-29-21(26)16-8-10-17(11-9-16)23-20(25)18-14(2)19(15(3)22-18)30(27,28)24-12-6-5-7-13-24/h8-11,22H,4-7,12-13H2,1-3H3,(H,23,25). The van der Waals surface area contributed by atoms with Crippen molar-refractivity contribution in [1.29, 1.82) is 0 Å². The van der Waals surface area contributed by atoms with E-state index in [1.54, 1.807) is 45.0 Å². The normalized spacial score (nSPS) is 15.0. The Kier molecular flexibility index (Phi) is 6.62. The molecular weight excluding hydrogens is 406 g/mol. The van der Waals surface area contributed by atoms with E-state index < -0.39 is 21.9 Å². The first kappa shape index (κ1) is 22.0. The van der Waals surface area contributed by atoms with Crippen LogP contribution in [0.25, 0.3) is 0 Å². The molecule has 1 aromatic heterocycles. The number of rotatable bonds is 6. The molecule has 1 amide bonds. The molecule has 1 aliphatic rings. The van der Waals surface area contributed by atoms with E-state index in [1.165, 1.54) is 4.31 Å². The fourth-order valence-corrected chi connectivity index (χ4v) is 5.60. The van der Waals surface area contributed by atoms with Crippen molar-refractivity contribution in [3.05, 3.63) is 46.8 Å². The van der Waals surface area contributed by atoms with Crippen LogP contribution in [0.3, 0.4) is 0 Å². The summed E-state index contributed by atoms with van der Waals surface area (Å²) in [7, 11) is -3.66. The molecule has 0 radical (unpaired) electrons. The number of aryl methyl sites for hydroxylation is 1. The van der Waals surface area contributed by atoms with Gasteiger partial charge in [0.25, 0.3) is 5.91 Å². The highest BCUT2D eigenvalue weighted by Gasteiger charge is 2.32. The van der Waals surface area contributed by atoms with Gasteiger partial charge in [-0.05, 0) is 63.4 Å². The minimum atomic E-state index is -3.66. The van der Waals surface area contributed by atoms with Gasteiger partial charge in [0.05, 0.1) is 12.2 Å². The second-order valence-corrected chi connectivity index (χ2v) is 9.17. The van der Waals surface area contributed by atoms with Gasteiger partial charge < -0.3 is 15.0 Å². The number of hydrogen-bond donors (Lipinski definition) is 2. The van der Waals surface area contributed by atoms with E-state index in [-0.39, 0.29) is 17.2 Å². The van der Waals surface area contributed by atoms with E-state index >= 15 is 0 Å². The predicted octanol–water partition coefficient (Wildman–Crippen LogP) is 3.24. The number of aromatic amines is 1. The molecule has 0 atom stereocenters. The number of benzene rings is 1. The van der Waals surface area contributed by atoms with Gasteiger partial charge in [-0.25, -0.2) is 13.2 Å². The van der Waals surface area contributed by atoms with Crippen molar-refractivity contribution in [3.63, 3.8) is 0 Å². The van der Waals surface area contributed by atoms with Crippen LogP contribution in [0.15, 0.2) is 29.2 Å². The fraction of sp³-hybridized carbons (Fsp3) is 0.429. The summed E-state index contributed by atoms with van der Waals surface area (Å²) in [4.78, 5) is 27.6. The highest BCUT2D eigenvalue weighted by atomic mass is 32.2. The lowest BCUT2D eigenvalue weighted by molar-refractivity contribution is 0.0526. The van der Waals surface area contributed by atoms with Gasteiger partial charge in [-0.1, -0.05) is 6.42 Å². The van der Waals surface area contributed by atoms with Crippen molar-refractivity contribution >= 4 is 27.6 Å². The molecule has 3 rings (SSSR count). The van der Waals surface area contributed by atoms with E-state index in [0.717, 1.165) is 19.3 Å². The number of carbonyl (C=O) groups is 2. The third-order valence-electron chi connectivity index (χ3n) is 5.16. The average Bonchev–Trinajstić information content (AvgIpc) is 3.04. The first-order chi connectivity index (χ1) is 14.3. The van der Waals surface area contributed by atoms with E-state index in [4.69, 9.17) is 4.74 Å². The first-order valence-corrected chi connectivity index (χ1v) is 11.5. The minimum absolute atomic E-state index is 0.173. The largest absolute Gasteiger partial charge is 0.462 e. The monoisotopic (exact) mass is 433 g/mol. The van der Waals surface area contributed by atoms with Gasteiger partial charge in [0.15, 0.2) is 0 Å². The number of hydrogen-bond acceptors (Lipinski definition) is 5. The molecule has 0 unspecified atom stereocenters. The zero-order valence-corrected chi connectivity index (χ0v) is 18.3. The van der Waals surface area contributed by atoms with Crippen LogP contribution >= 0.6 is 0 Å². The Balaban J connectivity index is 1.80. The van der Waals surface area contributed by atoms with E-state index in [2.05, 4.69) is 10.3 Å². The van der Waals surface area contributed by atoms with Crippen molar-refractivity contribution in [1.82, 2.24) is 9.29 Å². The summed E-state index contributed by atoms with van der Waals surface area (Å²) in [5, 5.41) is 2.74. The Hall–Kier alpha value is -2.65. The molecule has 0 saturated carbocycles. The van der Waals surface area contributed by atoms with Gasteiger partial charge in [-0.2, -0.15) is 4.31 Å². The maximum absolute atomic E-state index is 13.1. The summed E-state index contributed by atoms with van der Waals surface area (Å²) in [5.74, 6) is -0.877. The second kappa shape index (κ2) is 9.01. The van der Waals surface area contributed by atoms with Crippen LogP contribution in [0, 0.1) is 13.8 Å². The molecule has 0 spiro atoms. The summed E-state index contributed by atoms with van der Waals surface area (Å²) in [6, 6.07) is 6.32. The van der Waals surface area contributed by atoms with Gasteiger partial charge >= 0.3 is 5.97 Å². The third kappa shape index (κ3) is 4.41. The summed E-state index contributed by atoms with van der Waals surface area (Å²) in [5.41, 5.74) is 1.92. The molecule has 2 N–H and O–H groups in total. The van der Waals surface area contributed by atoms with Crippen LogP contribution in [0.4, 0.5) is 5.69 Å². The average molecular weight is 434 g/mol. The lowest BCUT2D eigenvalue weighted by Crippen LogP contribution is -2.36. The zero-order valence-electron chi connectivity index (χ0n) is 17.4. The molecule has 0 aliphatic carbocycles. The molecule has 1 fully saturated rings. The van der Waals surface area contributed by atoms with Crippen LogP contribution in [0.1, 0.15) is 58.3 Å². The number of nitrogens with one attached hydrogen (secondary N) is 2. The lowest BCUT2D eigenvalue weighted by Gasteiger charge is -2.26. The smallest absolute Gasteiger partial charge is 0.338 e. The van der Waals surface area contributed by atoms with Gasteiger partial charge in [-0.15, -0.1) is 0 Å². The summed E-state index contributed by atoms with van der Waals surface area (Å²) in [6.45, 7) is 6.31. The molecule has 30 heavy (non-hydrogen) atoms. The summed E-state index contributed by atoms with van der Waals surface area (Å²) >= 11 is 0. The van der Waals surface area contributed by atoms with E-state index in [9.17, 15) is 18.0 Å². The molecule has 0 bridgehead atoms. The quantitative estimate of drug-likeness (QED) is 0.680. The SMILES string of the molecule is CCOC(=O)c1ccc(NC(=O)c2[nH]c(C)c(S(=O)(=O)N3CCCCC3)c2C)cc1. The molecule has 1 aromatic carbocycles. The first-order valence-electron chi connectivity index (χ1n) is 10.0. The molecular formula is C21H27N3O5S. The topological polar surface area (TPSA) is 109 Å². The number of ether oxygens (including phenoxy) is 1. The lowest BCUT2D eigenvalue weighted by atomic mass is 10.2. The molecule has 9 heteroatoms. The zero-order chi connectivity index (χ0) is 21.9. The number of amides is 1. The second-order valence-electron chi connectivity index (χ2n) is 7.30. The van der Waals surface area contributed by atoms with Crippen LogP contribution in [0.5, 0.6) is 0 Å². The van der Waals surface area contributed by atoms with Gasteiger partial charge in [0.2, 0.25) is 10.0 Å². The maximum Gasteiger partial charge on any atom is 0.338 e. The Labute approximate surface area is 176 Å². The van der Waals surface area contributed by atoms with Crippen molar-refractivity contribution in [3.8, 4) is 0 Å². The number of anilines is 1. The number of sulfonamides is 1. The van der Waals surface area contributed by atoms with Crippen LogP contribution in [0.2, 0.25) is 0 Å². The van der Waals surface area contributed by atoms with E-state index in [1.807, 2.05) is 0 Å². The summed E-state index contributed by atoms with van der Waals surface area (Å²) < 4.78 is 32.7. The van der Waals surface area contributed by atoms with Crippen molar-refractivity contribution < 1.29 is 22.7 Å². The van der Waals surface area contributed by atoms with Crippen molar-refractivity contribution in [2.75, 3.05) is 25.0 Å². The maximum atomic E-state index is 13.1. The molecule has 162 valence electrons. The van der Waals surface area contributed by atoms with Crippen LogP contribution in [-0.2, 0) is 14.8 Å². The number of H-pyrrole nitrogens is 1. The minimum Gasteiger partial charge on any atom is -0.462 e. The Morgan fingerprint density at radius 2 is 1.73 bits per heavy atom. The third-order valence-corrected chi connectivity index (χ3v) is 7.34.